The molecule has 0 saturated carbocycles. The van der Waals surface area contributed by atoms with Crippen LogP contribution in [0, 0.1) is 6.92 Å². The summed E-state index contributed by atoms with van der Waals surface area (Å²) < 4.78 is 11.5. The van der Waals surface area contributed by atoms with Crippen LogP contribution in [-0.4, -0.2) is 42.1 Å². The summed E-state index contributed by atoms with van der Waals surface area (Å²) >= 11 is 0. The topological polar surface area (TPSA) is 109 Å². The molecule has 1 unspecified atom stereocenters. The van der Waals surface area contributed by atoms with E-state index in [1.165, 1.54) is 6.07 Å². The number of nitrogens with one attached hydrogen (secondary N) is 1. The van der Waals surface area contributed by atoms with Crippen LogP contribution >= 0.6 is 0 Å². The molecule has 1 aliphatic rings. The number of nitrogens with zero attached hydrogens (tertiary/aromatic N) is 1. The summed E-state index contributed by atoms with van der Waals surface area (Å²) in [6.07, 6.45) is 0. The van der Waals surface area contributed by atoms with E-state index in [4.69, 9.17) is 9.15 Å². The number of hydrogen-bond donors (Lipinski definition) is 2. The van der Waals surface area contributed by atoms with Gasteiger partial charge in [0.05, 0.1) is 23.6 Å². The molecule has 8 heteroatoms. The summed E-state index contributed by atoms with van der Waals surface area (Å²) in [5.74, 6) is -0.668. The average Bonchev–Trinajstić information content (AvgIpc) is 3.22. The minimum Gasteiger partial charge on any atom is -0.478 e. The molecule has 0 bridgehead atoms. The first-order valence-corrected chi connectivity index (χ1v) is 12.4. The van der Waals surface area contributed by atoms with Crippen LogP contribution < -0.4 is 10.7 Å². The van der Waals surface area contributed by atoms with Crippen molar-refractivity contribution in [3.63, 3.8) is 0 Å². The molecule has 1 aliphatic heterocycles. The smallest absolute Gasteiger partial charge is 0.337 e. The zero-order valence-corrected chi connectivity index (χ0v) is 21.4. The second kappa shape index (κ2) is 10.1. The van der Waals surface area contributed by atoms with E-state index in [1.54, 1.807) is 54.5 Å². The highest BCUT2D eigenvalue weighted by atomic mass is 16.5. The number of carboxylic acid groups (broad SMARTS) is 1. The maximum atomic E-state index is 13.2. The second-order valence-electron chi connectivity index (χ2n) is 9.51. The predicted octanol–water partition coefficient (Wildman–Crippen LogP) is 5.24. The highest BCUT2D eigenvalue weighted by Gasteiger charge is 2.27. The van der Waals surface area contributed by atoms with Gasteiger partial charge in [0.2, 0.25) is 0 Å². The van der Waals surface area contributed by atoms with Gasteiger partial charge in [-0.2, -0.15) is 0 Å². The van der Waals surface area contributed by atoms with Gasteiger partial charge in [-0.1, -0.05) is 24.3 Å². The van der Waals surface area contributed by atoms with Crippen LogP contribution in [0.5, 0.6) is 0 Å². The number of carboxylic acids is 1. The fourth-order valence-electron chi connectivity index (χ4n) is 4.92. The lowest BCUT2D eigenvalue weighted by Crippen LogP contribution is -2.27. The summed E-state index contributed by atoms with van der Waals surface area (Å²) in [6, 6.07) is 17.0. The van der Waals surface area contributed by atoms with Crippen molar-refractivity contribution in [2.45, 2.75) is 26.4 Å². The molecule has 1 atom stereocenters. The first-order valence-electron chi connectivity index (χ1n) is 12.4. The van der Waals surface area contributed by atoms with Gasteiger partial charge in [0, 0.05) is 48.6 Å². The lowest BCUT2D eigenvalue weighted by atomic mass is 9.99. The molecule has 0 spiro atoms. The van der Waals surface area contributed by atoms with Crippen LogP contribution in [0.3, 0.4) is 0 Å². The molecule has 0 fully saturated rings. The van der Waals surface area contributed by atoms with Crippen LogP contribution in [0.1, 0.15) is 50.4 Å². The zero-order valence-electron chi connectivity index (χ0n) is 21.4. The molecule has 4 aromatic rings. The molecule has 194 valence electrons. The Morgan fingerprint density at radius 1 is 1.13 bits per heavy atom. The Morgan fingerprint density at radius 2 is 1.92 bits per heavy atom. The third-order valence-corrected chi connectivity index (χ3v) is 6.83. The van der Waals surface area contributed by atoms with E-state index in [9.17, 15) is 19.5 Å². The van der Waals surface area contributed by atoms with Crippen molar-refractivity contribution in [3.8, 4) is 11.3 Å². The number of carbonyl (C=O) groups is 2. The maximum Gasteiger partial charge on any atom is 0.337 e. The number of aryl methyl sites for hydroxylation is 1. The first kappa shape index (κ1) is 25.2. The fourth-order valence-corrected chi connectivity index (χ4v) is 4.92. The highest BCUT2D eigenvalue weighted by molar-refractivity contribution is 5.99. The molecule has 5 rings (SSSR count). The summed E-state index contributed by atoms with van der Waals surface area (Å²) in [7, 11) is 1.60. The average molecular weight is 513 g/mol. The van der Waals surface area contributed by atoms with Crippen LogP contribution in [0.15, 0.2) is 69.9 Å². The number of anilines is 1. The van der Waals surface area contributed by atoms with E-state index >= 15 is 0 Å². The number of rotatable bonds is 8. The van der Waals surface area contributed by atoms with Crippen molar-refractivity contribution in [1.29, 1.82) is 0 Å². The molecule has 3 aromatic carbocycles. The molecule has 1 amide bonds. The molecule has 1 aromatic heterocycles. The zero-order chi connectivity index (χ0) is 27.0. The first-order chi connectivity index (χ1) is 18.3. The van der Waals surface area contributed by atoms with Crippen LogP contribution in [0.2, 0.25) is 0 Å². The maximum absolute atomic E-state index is 13.2. The number of ether oxygens (including phenoxy) is 1. The molecular formula is C30H28N2O6. The largest absolute Gasteiger partial charge is 0.478 e. The number of carbonyl (C=O) groups excluding carboxylic acids is 1. The molecule has 38 heavy (non-hydrogen) atoms. The Morgan fingerprint density at radius 3 is 2.68 bits per heavy atom. The lowest BCUT2D eigenvalue weighted by Gasteiger charge is -2.19. The van der Waals surface area contributed by atoms with Gasteiger partial charge >= 0.3 is 5.97 Å². The minimum absolute atomic E-state index is 0.0390. The number of para-hydroxylation sites is 1. The van der Waals surface area contributed by atoms with Crippen molar-refractivity contribution in [2.24, 2.45) is 0 Å². The van der Waals surface area contributed by atoms with E-state index in [2.05, 4.69) is 5.32 Å². The predicted molar refractivity (Wildman–Crippen MR) is 145 cm³/mol. The van der Waals surface area contributed by atoms with Gasteiger partial charge in [0.1, 0.15) is 11.3 Å². The van der Waals surface area contributed by atoms with E-state index in [-0.39, 0.29) is 22.9 Å². The van der Waals surface area contributed by atoms with E-state index in [0.717, 1.165) is 16.7 Å². The SMILES string of the molecule is COCCN1Cc2cc(-c3cc(=O)c4cc(C)cc(C(C)Nc5ccccc5C(=O)O)c4o3)ccc2C1=O. The summed E-state index contributed by atoms with van der Waals surface area (Å²) in [5.41, 5.74) is 4.73. The van der Waals surface area contributed by atoms with Crippen LogP contribution in [-0.2, 0) is 11.3 Å². The minimum atomic E-state index is -1.03. The van der Waals surface area contributed by atoms with Gasteiger partial charge in [-0.25, -0.2) is 4.79 Å². The third kappa shape index (κ3) is 4.66. The van der Waals surface area contributed by atoms with Gasteiger partial charge in [-0.3, -0.25) is 9.59 Å². The molecule has 2 N–H and O–H groups in total. The number of hydrogen-bond acceptors (Lipinski definition) is 6. The molecular weight excluding hydrogens is 484 g/mol. The number of benzene rings is 3. The lowest BCUT2D eigenvalue weighted by molar-refractivity contribution is 0.0695. The van der Waals surface area contributed by atoms with Crippen molar-refractivity contribution >= 4 is 28.5 Å². The van der Waals surface area contributed by atoms with Gasteiger partial charge < -0.3 is 24.5 Å². The standard InChI is InChI=1S/C30H28N2O6/c1-17-12-23(18(2)31-25-7-5-4-6-22(25)30(35)36)28-24(13-17)26(33)15-27(38-28)19-8-9-21-20(14-19)16-32(29(21)34)10-11-37-3/h4-9,12-15,18,31H,10-11,16H2,1-3H3,(H,35,36). The molecule has 0 saturated heterocycles. The summed E-state index contributed by atoms with van der Waals surface area (Å²) in [4.78, 5) is 39.4. The summed E-state index contributed by atoms with van der Waals surface area (Å²) in [5, 5.41) is 13.3. The van der Waals surface area contributed by atoms with Gasteiger partial charge in [0.25, 0.3) is 5.91 Å². The van der Waals surface area contributed by atoms with E-state index < -0.39 is 5.97 Å². The van der Waals surface area contributed by atoms with Crippen LogP contribution in [0.25, 0.3) is 22.3 Å². The van der Waals surface area contributed by atoms with Crippen molar-refractivity contribution in [1.82, 2.24) is 4.90 Å². The van der Waals surface area contributed by atoms with Gasteiger partial charge in [0.15, 0.2) is 5.43 Å². The number of fused-ring (bicyclic) bond motifs is 2. The Hall–Kier alpha value is -4.43. The quantitative estimate of drug-likeness (QED) is 0.332. The Labute approximate surface area is 219 Å². The van der Waals surface area contributed by atoms with Crippen molar-refractivity contribution in [3.05, 3.63) is 98.7 Å². The van der Waals surface area contributed by atoms with E-state index in [1.807, 2.05) is 26.0 Å². The van der Waals surface area contributed by atoms with Crippen molar-refractivity contribution < 1.29 is 23.8 Å². The molecule has 2 heterocycles. The second-order valence-corrected chi connectivity index (χ2v) is 9.51. The molecule has 0 aliphatic carbocycles. The van der Waals surface area contributed by atoms with Crippen molar-refractivity contribution in [2.75, 3.05) is 25.6 Å². The Bertz CT molecular complexity index is 1620. The van der Waals surface area contributed by atoms with Crippen LogP contribution in [0.4, 0.5) is 5.69 Å². The number of amides is 1. The normalized spacial score (nSPS) is 13.6. The Kier molecular flexibility index (Phi) is 6.73. The van der Waals surface area contributed by atoms with Gasteiger partial charge in [-0.05, 0) is 55.3 Å². The fraction of sp³-hybridized carbons (Fsp3) is 0.233. The monoisotopic (exact) mass is 512 g/mol. The van der Waals surface area contributed by atoms with Gasteiger partial charge in [-0.15, -0.1) is 0 Å². The number of aromatic carboxylic acids is 1. The molecule has 8 nitrogen and oxygen atoms in total. The summed E-state index contributed by atoms with van der Waals surface area (Å²) in [6.45, 7) is 5.23. The third-order valence-electron chi connectivity index (χ3n) is 6.83. The highest BCUT2D eigenvalue weighted by Crippen LogP contribution is 2.33. The Balaban J connectivity index is 1.55. The molecule has 0 radical (unpaired) electrons. The number of methoxy groups -OCH3 is 1. The van der Waals surface area contributed by atoms with E-state index in [0.29, 0.717) is 53.2 Å².